The van der Waals surface area contributed by atoms with Crippen LogP contribution in [-0.2, 0) is 4.74 Å². The van der Waals surface area contributed by atoms with E-state index in [0.717, 1.165) is 17.9 Å². The fourth-order valence-electron chi connectivity index (χ4n) is 2.02. The molecule has 2 aromatic rings. The van der Waals surface area contributed by atoms with Crippen molar-refractivity contribution in [2.75, 3.05) is 20.3 Å². The first-order chi connectivity index (χ1) is 8.86. The van der Waals surface area contributed by atoms with Crippen LogP contribution in [0.3, 0.4) is 0 Å². The molecule has 1 atom stereocenters. The molecule has 0 aliphatic rings. The maximum atomic E-state index is 5.27. The minimum Gasteiger partial charge on any atom is -0.383 e. The molecule has 96 valence electrons. The molecule has 0 bridgehead atoms. The van der Waals surface area contributed by atoms with E-state index in [1.165, 1.54) is 0 Å². The molecule has 0 aliphatic heterocycles. The lowest BCUT2D eigenvalue weighted by Crippen LogP contribution is -2.27. The van der Waals surface area contributed by atoms with Crippen LogP contribution in [0.15, 0.2) is 42.6 Å². The number of likely N-dealkylation sites (N-methyl/N-ethyl adjacent to an activating group) is 1. The van der Waals surface area contributed by atoms with E-state index in [0.29, 0.717) is 6.61 Å². The second-order valence-electron chi connectivity index (χ2n) is 4.07. The van der Waals surface area contributed by atoms with Crippen LogP contribution >= 0.6 is 0 Å². The summed E-state index contributed by atoms with van der Waals surface area (Å²) in [6.07, 6.45) is 1.82. The predicted molar refractivity (Wildman–Crippen MR) is 71.9 cm³/mol. The molecule has 4 nitrogen and oxygen atoms in total. The highest BCUT2D eigenvalue weighted by Crippen LogP contribution is 2.17. The number of hydrogen-bond acceptors (Lipinski definition) is 3. The van der Waals surface area contributed by atoms with Crippen molar-refractivity contribution in [3.05, 3.63) is 48.3 Å². The Hall–Kier alpha value is -1.65. The summed E-state index contributed by atoms with van der Waals surface area (Å²) >= 11 is 0. The highest BCUT2D eigenvalue weighted by molar-refractivity contribution is 5.33. The van der Waals surface area contributed by atoms with E-state index >= 15 is 0 Å². The maximum Gasteiger partial charge on any atom is 0.0733 e. The number of hydrogen-bond donors (Lipinski definition) is 1. The fourth-order valence-corrected chi connectivity index (χ4v) is 2.02. The summed E-state index contributed by atoms with van der Waals surface area (Å²) in [6, 6.07) is 12.3. The quantitative estimate of drug-likeness (QED) is 0.847. The van der Waals surface area contributed by atoms with Gasteiger partial charge in [0.25, 0.3) is 0 Å². The molecule has 2 rings (SSSR count). The summed E-state index contributed by atoms with van der Waals surface area (Å²) in [7, 11) is 1.72. The molecule has 0 radical (unpaired) electrons. The minimum atomic E-state index is 0.155. The number of aromatic nitrogens is 2. The Morgan fingerprint density at radius 2 is 2.06 bits per heavy atom. The van der Waals surface area contributed by atoms with Gasteiger partial charge in [0.05, 0.1) is 24.0 Å². The standard InChI is InChI=1S/C14H19N3O/c1-3-15-13(11-18-2)14-9-10-16-17(14)12-7-5-4-6-8-12/h4-10,13,15H,3,11H2,1-2H3. The van der Waals surface area contributed by atoms with Crippen LogP contribution in [0.5, 0.6) is 0 Å². The number of benzene rings is 1. The molecule has 1 N–H and O–H groups in total. The third-order valence-corrected chi connectivity index (χ3v) is 2.81. The lowest BCUT2D eigenvalue weighted by molar-refractivity contribution is 0.165. The molecule has 1 unspecified atom stereocenters. The van der Waals surface area contributed by atoms with Crippen LogP contribution in [-0.4, -0.2) is 30.0 Å². The molecule has 4 heteroatoms. The summed E-state index contributed by atoms with van der Waals surface area (Å²) < 4.78 is 7.22. The molecular formula is C14H19N3O. The second kappa shape index (κ2) is 6.33. The van der Waals surface area contributed by atoms with Gasteiger partial charge in [0.1, 0.15) is 0 Å². The monoisotopic (exact) mass is 245 g/mol. The number of ether oxygens (including phenoxy) is 1. The molecule has 1 heterocycles. The van der Waals surface area contributed by atoms with Gasteiger partial charge in [-0.05, 0) is 24.7 Å². The Morgan fingerprint density at radius 1 is 1.28 bits per heavy atom. The summed E-state index contributed by atoms with van der Waals surface area (Å²) in [5.41, 5.74) is 2.18. The molecule has 0 aliphatic carbocycles. The van der Waals surface area contributed by atoms with E-state index < -0.39 is 0 Å². The van der Waals surface area contributed by atoms with Crippen molar-refractivity contribution in [1.82, 2.24) is 15.1 Å². The average molecular weight is 245 g/mol. The predicted octanol–water partition coefficient (Wildman–Crippen LogP) is 2.17. The van der Waals surface area contributed by atoms with E-state index in [-0.39, 0.29) is 6.04 Å². The van der Waals surface area contributed by atoms with Crippen molar-refractivity contribution in [1.29, 1.82) is 0 Å². The smallest absolute Gasteiger partial charge is 0.0733 e. The molecule has 18 heavy (non-hydrogen) atoms. The van der Waals surface area contributed by atoms with Crippen LogP contribution in [0.4, 0.5) is 0 Å². The zero-order chi connectivity index (χ0) is 12.8. The van der Waals surface area contributed by atoms with Crippen LogP contribution in [0.2, 0.25) is 0 Å². The number of methoxy groups -OCH3 is 1. The van der Waals surface area contributed by atoms with Gasteiger partial charge in [-0.2, -0.15) is 5.10 Å². The molecule has 0 amide bonds. The van der Waals surface area contributed by atoms with Gasteiger partial charge in [-0.15, -0.1) is 0 Å². The van der Waals surface area contributed by atoms with Crippen molar-refractivity contribution >= 4 is 0 Å². The molecule has 0 fully saturated rings. The normalized spacial score (nSPS) is 12.6. The molecule has 0 spiro atoms. The van der Waals surface area contributed by atoms with Gasteiger partial charge in [0.15, 0.2) is 0 Å². The second-order valence-corrected chi connectivity index (χ2v) is 4.07. The molecule has 0 saturated heterocycles. The highest BCUT2D eigenvalue weighted by atomic mass is 16.5. The highest BCUT2D eigenvalue weighted by Gasteiger charge is 2.15. The Morgan fingerprint density at radius 3 is 2.72 bits per heavy atom. The van der Waals surface area contributed by atoms with Crippen molar-refractivity contribution in [3.63, 3.8) is 0 Å². The summed E-state index contributed by atoms with van der Waals surface area (Å²) in [4.78, 5) is 0. The number of nitrogens with zero attached hydrogens (tertiary/aromatic N) is 2. The van der Waals surface area contributed by atoms with Gasteiger partial charge in [-0.1, -0.05) is 25.1 Å². The topological polar surface area (TPSA) is 39.1 Å². The van der Waals surface area contributed by atoms with E-state index in [2.05, 4.69) is 17.3 Å². The number of rotatable bonds is 6. The van der Waals surface area contributed by atoms with E-state index in [4.69, 9.17) is 4.74 Å². The van der Waals surface area contributed by atoms with Gasteiger partial charge in [0, 0.05) is 13.3 Å². The first kappa shape index (κ1) is 12.8. The Labute approximate surface area is 108 Å². The van der Waals surface area contributed by atoms with Gasteiger partial charge < -0.3 is 10.1 Å². The summed E-state index contributed by atoms with van der Waals surface area (Å²) in [5.74, 6) is 0. The summed E-state index contributed by atoms with van der Waals surface area (Å²) in [6.45, 7) is 3.62. The summed E-state index contributed by atoms with van der Waals surface area (Å²) in [5, 5.41) is 7.80. The van der Waals surface area contributed by atoms with Crippen molar-refractivity contribution in [2.45, 2.75) is 13.0 Å². The third-order valence-electron chi connectivity index (χ3n) is 2.81. The van der Waals surface area contributed by atoms with E-state index in [1.54, 1.807) is 7.11 Å². The lowest BCUT2D eigenvalue weighted by Gasteiger charge is -2.18. The lowest BCUT2D eigenvalue weighted by atomic mass is 10.2. The average Bonchev–Trinajstić information content (AvgIpc) is 2.88. The SMILES string of the molecule is CCNC(COC)c1ccnn1-c1ccccc1. The van der Waals surface area contributed by atoms with Crippen molar-refractivity contribution in [2.24, 2.45) is 0 Å². The van der Waals surface area contributed by atoms with E-state index in [9.17, 15) is 0 Å². The van der Waals surface area contributed by atoms with E-state index in [1.807, 2.05) is 47.3 Å². The van der Waals surface area contributed by atoms with Gasteiger partial charge in [-0.3, -0.25) is 0 Å². The molecule has 1 aromatic heterocycles. The van der Waals surface area contributed by atoms with Crippen molar-refractivity contribution < 1.29 is 4.74 Å². The zero-order valence-electron chi connectivity index (χ0n) is 10.8. The van der Waals surface area contributed by atoms with Crippen molar-refractivity contribution in [3.8, 4) is 5.69 Å². The largest absolute Gasteiger partial charge is 0.383 e. The van der Waals surface area contributed by atoms with Crippen LogP contribution in [0, 0.1) is 0 Å². The first-order valence-corrected chi connectivity index (χ1v) is 6.18. The van der Waals surface area contributed by atoms with Gasteiger partial charge in [0.2, 0.25) is 0 Å². The van der Waals surface area contributed by atoms with Gasteiger partial charge in [-0.25, -0.2) is 4.68 Å². The Kier molecular flexibility index (Phi) is 4.50. The maximum absolute atomic E-state index is 5.27. The third kappa shape index (κ3) is 2.78. The van der Waals surface area contributed by atoms with Crippen LogP contribution in [0.1, 0.15) is 18.7 Å². The van der Waals surface area contributed by atoms with Gasteiger partial charge >= 0.3 is 0 Å². The Balaban J connectivity index is 2.31. The van der Waals surface area contributed by atoms with Crippen LogP contribution in [0.25, 0.3) is 5.69 Å². The fraction of sp³-hybridized carbons (Fsp3) is 0.357. The van der Waals surface area contributed by atoms with Crippen LogP contribution < -0.4 is 5.32 Å². The molecule has 1 aromatic carbocycles. The first-order valence-electron chi connectivity index (χ1n) is 6.18. The number of nitrogens with one attached hydrogen (secondary N) is 1. The zero-order valence-corrected chi connectivity index (χ0v) is 10.8. The Bertz CT molecular complexity index is 461. The molecule has 0 saturated carbocycles. The molecular weight excluding hydrogens is 226 g/mol. The minimum absolute atomic E-state index is 0.155. The number of para-hydroxylation sites is 1.